The number of piperazine rings is 1. The van der Waals surface area contributed by atoms with E-state index in [1.54, 1.807) is 34.3 Å². The Kier molecular flexibility index (Phi) is 29.8. The molecule has 1 unspecified atom stereocenters. The number of morpholine rings is 1. The van der Waals surface area contributed by atoms with Gasteiger partial charge in [0.05, 0.1) is 64.8 Å². The number of carbonyl (C=O) groups excluding carboxylic acids is 5. The van der Waals surface area contributed by atoms with Crippen LogP contribution in [0.15, 0.2) is 153 Å². The third-order valence-electron chi connectivity index (χ3n) is 21.4. The minimum atomic E-state index is -6.12. The van der Waals surface area contributed by atoms with E-state index in [-0.39, 0.29) is 60.5 Å². The van der Waals surface area contributed by atoms with E-state index in [4.69, 9.17) is 21.1 Å². The van der Waals surface area contributed by atoms with Crippen molar-refractivity contribution in [1.82, 2.24) is 55.4 Å². The highest BCUT2D eigenvalue weighted by atomic mass is 35.5. The summed E-state index contributed by atoms with van der Waals surface area (Å²) in [4.78, 5) is 80.8. The maximum atomic E-state index is 14.4. The lowest BCUT2D eigenvalue weighted by atomic mass is 9.71. The number of carbonyl (C=O) groups is 5. The SMILES string of the molecule is Cc1ncsc1-c1ccc([C@H](C)NC(=O)[C@@H]2C[C@@H](O)CN2C(=O)[C@@H](NC(=O)CCCCCOc2cn(CCCC(=O)NCC3(C)CCC(c4ccc(Cl)cc4)=C(CN4CCN(c5ccc(C(=O)NS(=O)(=O)c6ccc(N[C@H](CCN7CCOCC7)CSc7ccccc7)c(S(=O)(=O)C(F)(F)F)c6)cc5)CC4)C3)nn2)C(C)(C)C)cc1. The van der Waals surface area contributed by atoms with Gasteiger partial charge < -0.3 is 45.6 Å². The predicted octanol–water partition coefficient (Wildman–Crippen LogP) is 11.7. The predicted molar refractivity (Wildman–Crippen MR) is 439 cm³/mol. The van der Waals surface area contributed by atoms with Crippen molar-refractivity contribution >= 4 is 101 Å². The highest BCUT2D eigenvalue weighted by molar-refractivity contribution is 7.99. The summed E-state index contributed by atoms with van der Waals surface area (Å²) in [5.74, 6) is -1.58. The summed E-state index contributed by atoms with van der Waals surface area (Å²) in [5, 5.41) is 31.9. The Balaban J connectivity index is 0.603. The Morgan fingerprint density at radius 3 is 2.21 bits per heavy atom. The van der Waals surface area contributed by atoms with Crippen molar-refractivity contribution in [3.8, 4) is 16.3 Å². The van der Waals surface area contributed by atoms with E-state index in [1.165, 1.54) is 39.9 Å². The van der Waals surface area contributed by atoms with Crippen molar-refractivity contribution in [3.63, 3.8) is 0 Å². The fourth-order valence-corrected chi connectivity index (χ4v) is 18.7. The molecule has 6 atom stereocenters. The number of alkyl halides is 3. The molecule has 33 heteroatoms. The van der Waals surface area contributed by atoms with Gasteiger partial charge in [0.25, 0.3) is 31.6 Å². The number of benzene rings is 5. The summed E-state index contributed by atoms with van der Waals surface area (Å²) in [6.07, 6.45) is 6.42. The van der Waals surface area contributed by atoms with E-state index in [1.807, 2.05) is 124 Å². The zero-order chi connectivity index (χ0) is 82.2. The first kappa shape index (κ1) is 87.4. The number of hydrogen-bond donors (Lipinski definition) is 6. The molecular formula is C82H103ClF3N13O12S4. The first-order chi connectivity index (χ1) is 54.8. The van der Waals surface area contributed by atoms with Crippen molar-refractivity contribution < 1.29 is 68.6 Å². The van der Waals surface area contributed by atoms with Gasteiger partial charge in [-0.2, -0.15) is 13.2 Å². The molecule has 0 radical (unpaired) electrons. The number of rotatable bonds is 35. The van der Waals surface area contributed by atoms with E-state index in [0.717, 1.165) is 69.2 Å². The molecule has 5 heterocycles. The highest BCUT2D eigenvalue weighted by Crippen LogP contribution is 2.44. The van der Waals surface area contributed by atoms with Gasteiger partial charge in [0.1, 0.15) is 17.0 Å². The minimum Gasteiger partial charge on any atom is -0.475 e. The van der Waals surface area contributed by atoms with Crippen LogP contribution in [0.1, 0.15) is 138 Å². The Morgan fingerprint density at radius 1 is 0.817 bits per heavy atom. The number of sulfone groups is 1. The Labute approximate surface area is 684 Å². The van der Waals surface area contributed by atoms with Crippen molar-refractivity contribution in [2.45, 2.75) is 169 Å². The molecule has 6 N–H and O–H groups in total. The van der Waals surface area contributed by atoms with Crippen LogP contribution in [0.2, 0.25) is 5.02 Å². The molecule has 5 amide bonds. The average Bonchev–Trinajstić information content (AvgIpc) is 1.78. The van der Waals surface area contributed by atoms with Crippen LogP contribution in [0, 0.1) is 17.8 Å². The summed E-state index contributed by atoms with van der Waals surface area (Å²) in [5.41, 5.74) is 1.84. The number of thiazole rings is 1. The summed E-state index contributed by atoms with van der Waals surface area (Å²) in [6, 6.07) is 31.0. The van der Waals surface area contributed by atoms with Crippen LogP contribution in [0.25, 0.3) is 16.0 Å². The molecule has 620 valence electrons. The molecule has 3 aliphatic heterocycles. The first-order valence-corrected chi connectivity index (χ1v) is 44.2. The van der Waals surface area contributed by atoms with Gasteiger partial charge in [0.2, 0.25) is 23.6 Å². The first-order valence-electron chi connectivity index (χ1n) is 39.0. The second-order valence-corrected chi connectivity index (χ2v) is 37.4. The van der Waals surface area contributed by atoms with Gasteiger partial charge in [0, 0.05) is 124 Å². The van der Waals surface area contributed by atoms with Crippen LogP contribution < -0.4 is 35.6 Å². The lowest BCUT2D eigenvalue weighted by molar-refractivity contribution is -0.144. The number of sulfonamides is 1. The van der Waals surface area contributed by atoms with Crippen molar-refractivity contribution in [3.05, 3.63) is 166 Å². The van der Waals surface area contributed by atoms with Crippen LogP contribution in [-0.2, 0) is 50.3 Å². The molecule has 25 nitrogen and oxygen atoms in total. The van der Waals surface area contributed by atoms with Crippen molar-refractivity contribution in [1.29, 1.82) is 0 Å². The number of likely N-dealkylation sites (tertiary alicyclic amines) is 1. The number of ether oxygens (including phenoxy) is 2. The zero-order valence-electron chi connectivity index (χ0n) is 65.6. The van der Waals surface area contributed by atoms with E-state index in [0.29, 0.717) is 140 Å². The van der Waals surface area contributed by atoms with E-state index < -0.39 is 82.3 Å². The smallest absolute Gasteiger partial charge is 0.475 e. The Hall–Kier alpha value is -8.47. The van der Waals surface area contributed by atoms with E-state index >= 15 is 0 Å². The number of thioether (sulfide) groups is 1. The molecule has 115 heavy (non-hydrogen) atoms. The molecule has 0 spiro atoms. The lowest BCUT2D eigenvalue weighted by Gasteiger charge is -2.41. The largest absolute Gasteiger partial charge is 0.501 e. The molecule has 11 rings (SSSR count). The number of halogens is 4. The molecule has 3 fully saturated rings. The number of nitrogens with one attached hydrogen (secondary N) is 5. The minimum absolute atomic E-state index is 0.0297. The summed E-state index contributed by atoms with van der Waals surface area (Å²) < 4.78 is 112. The topological polar surface area (TPSA) is 309 Å². The Bertz CT molecular complexity index is 4750. The van der Waals surface area contributed by atoms with Gasteiger partial charge in [-0.25, -0.2) is 31.2 Å². The number of anilines is 2. The Morgan fingerprint density at radius 2 is 1.52 bits per heavy atom. The van der Waals surface area contributed by atoms with Crippen LogP contribution in [0.4, 0.5) is 24.5 Å². The average molecular weight is 1680 g/mol. The number of amides is 5. The second kappa shape index (κ2) is 39.2. The molecule has 3 saturated heterocycles. The number of allylic oxidation sites excluding steroid dienone is 1. The molecule has 0 saturated carbocycles. The van der Waals surface area contributed by atoms with Crippen LogP contribution in [-0.4, -0.2) is 207 Å². The number of aliphatic hydroxyl groups is 1. The van der Waals surface area contributed by atoms with E-state index in [9.17, 15) is 59.1 Å². The molecule has 4 aliphatic rings. The quantitative estimate of drug-likeness (QED) is 0.0159. The fraction of sp³-hybridized carbons (Fsp3) is 0.488. The molecule has 0 bridgehead atoms. The lowest BCUT2D eigenvalue weighted by Crippen LogP contribution is -2.57. The van der Waals surface area contributed by atoms with Gasteiger partial charge in [-0.05, 0) is 165 Å². The summed E-state index contributed by atoms with van der Waals surface area (Å²) >= 11 is 9.35. The van der Waals surface area contributed by atoms with Gasteiger partial charge in [-0.15, -0.1) is 23.1 Å². The monoisotopic (exact) mass is 1680 g/mol. The zero-order valence-corrected chi connectivity index (χ0v) is 69.7. The van der Waals surface area contributed by atoms with Crippen LogP contribution in [0.5, 0.6) is 5.88 Å². The number of unbranched alkanes of at least 4 members (excludes halogenated alkanes) is 2. The standard InChI is InChI=1S/C82H103ClF3N13O12S4/c1-55(57-18-20-59(21-19-57)75-56(2)88-54-113-75)89-78(104)70-46-65(100)50-99(70)79(105)76(80(3,4)5)91-73(102)16-11-8-12-43-111-74-51-98(94-92-74)35-13-17-72(101)87-53-81(6)34-32-68(58-22-26-62(83)27-23-58)61(48-81)49-96-37-39-97(40-38-96)64-28-24-60(25-29-64)77(103)93-115(108,109)67-30-31-69(71(47-67)114(106,107)82(84,85)86)90-63(33-36-95-41-44-110-45-42-95)52-112-66-14-9-7-10-15-66/h7,9-10,14-15,18-31,47,51,54-55,63,65,70,76,90,100H,8,11-13,16-17,32-46,48-50,52-53H2,1-6H3,(H,87,101)(H,89,104)(H,91,102)(H,93,103)/t55-,63+,65+,70-,76+,81?/m0/s1. The molecular weight excluding hydrogens is 1580 g/mol. The fourth-order valence-electron chi connectivity index (χ4n) is 14.8. The van der Waals surface area contributed by atoms with Crippen LogP contribution in [0.3, 0.4) is 0 Å². The molecule has 5 aromatic carbocycles. The number of β-amino-alcohol motifs (C(OH)–C–C–N with tert-alkyl or cyclic N) is 1. The molecule has 1 aliphatic carbocycles. The highest BCUT2D eigenvalue weighted by Gasteiger charge is 2.49. The van der Waals surface area contributed by atoms with Gasteiger partial charge in [0.15, 0.2) is 0 Å². The summed E-state index contributed by atoms with van der Waals surface area (Å²) in [7, 11) is -11.0. The van der Waals surface area contributed by atoms with Crippen molar-refractivity contribution in [2.24, 2.45) is 10.8 Å². The molecule has 7 aromatic rings. The third kappa shape index (κ3) is 23.9. The summed E-state index contributed by atoms with van der Waals surface area (Å²) in [6.45, 7) is 19.0. The van der Waals surface area contributed by atoms with Crippen LogP contribution >= 0.6 is 34.7 Å². The normalized spacial score (nSPS) is 18.8. The van der Waals surface area contributed by atoms with Crippen molar-refractivity contribution in [2.75, 3.05) is 101 Å². The number of aryl methyl sites for hydroxylation is 2. The van der Waals surface area contributed by atoms with Gasteiger partial charge >= 0.3 is 5.51 Å². The molecule has 2 aromatic heterocycles. The van der Waals surface area contributed by atoms with Gasteiger partial charge in [-0.3, -0.25) is 33.8 Å². The number of nitrogens with zero attached hydrogens (tertiary/aromatic N) is 8. The second-order valence-electron chi connectivity index (χ2n) is 31.4. The maximum Gasteiger partial charge on any atom is 0.501 e. The van der Waals surface area contributed by atoms with Gasteiger partial charge in [-0.1, -0.05) is 110 Å². The third-order valence-corrected chi connectivity index (χ3v) is 26.7. The number of aliphatic hydroxyl groups excluding tert-OH is 1. The number of aromatic nitrogens is 4. The maximum absolute atomic E-state index is 14.4. The van der Waals surface area contributed by atoms with E-state index in [2.05, 4.69) is 58.2 Å². The number of hydrogen-bond acceptors (Lipinski definition) is 21.